The predicted octanol–water partition coefficient (Wildman–Crippen LogP) is 4.76. The van der Waals surface area contributed by atoms with Crippen molar-refractivity contribution in [2.75, 3.05) is 5.32 Å². The van der Waals surface area contributed by atoms with Crippen LogP contribution in [0.25, 0.3) is 0 Å². The lowest BCUT2D eigenvalue weighted by Gasteiger charge is -2.07. The van der Waals surface area contributed by atoms with Gasteiger partial charge in [-0.15, -0.1) is 11.3 Å². The smallest absolute Gasteiger partial charge is 0.0992 e. The average Bonchev–Trinajstić information content (AvgIpc) is 2.73. The second-order valence-electron chi connectivity index (χ2n) is 3.42. The molecule has 1 aromatic heterocycles. The summed E-state index contributed by atoms with van der Waals surface area (Å²) in [5.74, 6) is 0. The molecule has 0 unspecified atom stereocenters. The molecular formula is C12H8Br2N2S. The Hall–Kier alpha value is -0.830. The van der Waals surface area contributed by atoms with Crippen molar-refractivity contribution in [1.82, 2.24) is 0 Å². The van der Waals surface area contributed by atoms with Crippen LogP contribution in [0.5, 0.6) is 0 Å². The van der Waals surface area contributed by atoms with Gasteiger partial charge < -0.3 is 5.32 Å². The van der Waals surface area contributed by atoms with Crippen LogP contribution < -0.4 is 5.32 Å². The minimum atomic E-state index is 0.653. The van der Waals surface area contributed by atoms with Crippen LogP contribution in [-0.2, 0) is 6.54 Å². The lowest BCUT2D eigenvalue weighted by Crippen LogP contribution is -1.98. The Morgan fingerprint density at radius 1 is 1.29 bits per heavy atom. The fraction of sp³-hybridized carbons (Fsp3) is 0.0833. The molecule has 0 aliphatic carbocycles. The third-order valence-electron chi connectivity index (χ3n) is 2.20. The SMILES string of the molecule is N#Cc1ccc(NCc2csc(Br)c2)c(Br)c1. The molecule has 2 nitrogen and oxygen atoms in total. The summed E-state index contributed by atoms with van der Waals surface area (Å²) in [6.45, 7) is 0.770. The minimum Gasteiger partial charge on any atom is -0.380 e. The molecule has 2 rings (SSSR count). The van der Waals surface area contributed by atoms with Crippen molar-refractivity contribution in [1.29, 1.82) is 5.26 Å². The summed E-state index contributed by atoms with van der Waals surface area (Å²) in [6.07, 6.45) is 0. The van der Waals surface area contributed by atoms with Crippen molar-refractivity contribution in [2.45, 2.75) is 6.54 Å². The molecule has 1 aromatic carbocycles. The first-order chi connectivity index (χ1) is 8.19. The van der Waals surface area contributed by atoms with Crippen LogP contribution >= 0.6 is 43.2 Å². The van der Waals surface area contributed by atoms with Crippen molar-refractivity contribution in [3.05, 3.63) is 49.0 Å². The average molecular weight is 372 g/mol. The van der Waals surface area contributed by atoms with Gasteiger partial charge >= 0.3 is 0 Å². The molecular weight excluding hydrogens is 364 g/mol. The van der Waals surface area contributed by atoms with E-state index in [-0.39, 0.29) is 0 Å². The van der Waals surface area contributed by atoms with E-state index in [9.17, 15) is 0 Å². The quantitative estimate of drug-likeness (QED) is 0.844. The number of hydrogen-bond donors (Lipinski definition) is 1. The van der Waals surface area contributed by atoms with E-state index in [4.69, 9.17) is 5.26 Å². The largest absolute Gasteiger partial charge is 0.380 e. The number of nitrogens with one attached hydrogen (secondary N) is 1. The van der Waals surface area contributed by atoms with E-state index in [1.54, 1.807) is 17.4 Å². The Labute approximate surface area is 121 Å². The first kappa shape index (κ1) is 12.6. The van der Waals surface area contributed by atoms with Crippen LogP contribution in [0, 0.1) is 11.3 Å². The number of rotatable bonds is 3. The highest BCUT2D eigenvalue weighted by atomic mass is 79.9. The minimum absolute atomic E-state index is 0.653. The Bertz CT molecular complexity index is 572. The van der Waals surface area contributed by atoms with Crippen LogP contribution in [0.15, 0.2) is 37.9 Å². The molecule has 86 valence electrons. The zero-order valence-corrected chi connectivity index (χ0v) is 12.7. The number of anilines is 1. The second-order valence-corrected chi connectivity index (χ2v) is 6.56. The van der Waals surface area contributed by atoms with Gasteiger partial charge in [-0.25, -0.2) is 0 Å². The molecule has 0 radical (unpaired) electrons. The van der Waals surface area contributed by atoms with E-state index in [0.717, 1.165) is 20.5 Å². The molecule has 0 aliphatic rings. The van der Waals surface area contributed by atoms with Crippen LogP contribution in [-0.4, -0.2) is 0 Å². The van der Waals surface area contributed by atoms with Gasteiger partial charge in [0, 0.05) is 16.7 Å². The lowest BCUT2D eigenvalue weighted by atomic mass is 10.2. The Balaban J connectivity index is 2.07. The maximum atomic E-state index is 8.77. The first-order valence-electron chi connectivity index (χ1n) is 4.85. The molecule has 0 saturated heterocycles. The van der Waals surface area contributed by atoms with Crippen LogP contribution in [0.3, 0.4) is 0 Å². The maximum Gasteiger partial charge on any atom is 0.0992 e. The molecule has 0 aliphatic heterocycles. The third-order valence-corrected chi connectivity index (χ3v) is 4.41. The van der Waals surface area contributed by atoms with Gasteiger partial charge in [0.1, 0.15) is 0 Å². The van der Waals surface area contributed by atoms with Gasteiger partial charge in [0.05, 0.1) is 15.4 Å². The van der Waals surface area contributed by atoms with Gasteiger partial charge in [0.15, 0.2) is 0 Å². The Kier molecular flexibility index (Phi) is 4.21. The van der Waals surface area contributed by atoms with E-state index in [0.29, 0.717) is 5.56 Å². The molecule has 0 spiro atoms. The molecule has 1 N–H and O–H groups in total. The topological polar surface area (TPSA) is 35.8 Å². The van der Waals surface area contributed by atoms with E-state index in [2.05, 4.69) is 54.7 Å². The van der Waals surface area contributed by atoms with E-state index in [1.165, 1.54) is 5.56 Å². The third kappa shape index (κ3) is 3.32. The highest BCUT2D eigenvalue weighted by molar-refractivity contribution is 9.11. The standard InChI is InChI=1S/C12H8Br2N2S/c13-10-3-8(5-15)1-2-11(10)16-6-9-4-12(14)17-7-9/h1-4,7,16H,6H2. The Morgan fingerprint density at radius 2 is 2.12 bits per heavy atom. The number of benzene rings is 1. The fourth-order valence-corrected chi connectivity index (χ4v) is 3.09. The van der Waals surface area contributed by atoms with Crippen molar-refractivity contribution >= 4 is 48.9 Å². The number of thiophene rings is 1. The van der Waals surface area contributed by atoms with Crippen molar-refractivity contribution in [2.24, 2.45) is 0 Å². The zero-order valence-electron chi connectivity index (χ0n) is 8.71. The van der Waals surface area contributed by atoms with Gasteiger partial charge in [0.2, 0.25) is 0 Å². The summed E-state index contributed by atoms with van der Waals surface area (Å²) in [4.78, 5) is 0. The molecule has 0 bridgehead atoms. The van der Waals surface area contributed by atoms with Gasteiger partial charge in [-0.05, 0) is 67.1 Å². The number of nitrogens with zero attached hydrogens (tertiary/aromatic N) is 1. The molecule has 5 heteroatoms. The van der Waals surface area contributed by atoms with E-state index < -0.39 is 0 Å². The lowest BCUT2D eigenvalue weighted by molar-refractivity contribution is 1.16. The van der Waals surface area contributed by atoms with Gasteiger partial charge in [-0.1, -0.05) is 0 Å². The van der Waals surface area contributed by atoms with Crippen molar-refractivity contribution < 1.29 is 0 Å². The monoisotopic (exact) mass is 370 g/mol. The van der Waals surface area contributed by atoms with Crippen molar-refractivity contribution in [3.8, 4) is 6.07 Å². The predicted molar refractivity (Wildman–Crippen MR) is 78.2 cm³/mol. The summed E-state index contributed by atoms with van der Waals surface area (Å²) in [6, 6.07) is 9.72. The normalized spacial score (nSPS) is 9.94. The summed E-state index contributed by atoms with van der Waals surface area (Å²) < 4.78 is 2.04. The van der Waals surface area contributed by atoms with Crippen molar-refractivity contribution in [3.63, 3.8) is 0 Å². The van der Waals surface area contributed by atoms with Gasteiger partial charge in [-0.3, -0.25) is 0 Å². The van der Waals surface area contributed by atoms with Gasteiger partial charge in [0.25, 0.3) is 0 Å². The van der Waals surface area contributed by atoms with Crippen LogP contribution in [0.2, 0.25) is 0 Å². The number of nitriles is 1. The highest BCUT2D eigenvalue weighted by Gasteiger charge is 2.02. The maximum absolute atomic E-state index is 8.77. The molecule has 17 heavy (non-hydrogen) atoms. The summed E-state index contributed by atoms with van der Waals surface area (Å²) in [5.41, 5.74) is 2.88. The van der Waals surface area contributed by atoms with E-state index in [1.807, 2.05) is 12.1 Å². The summed E-state index contributed by atoms with van der Waals surface area (Å²) in [7, 11) is 0. The number of hydrogen-bond acceptors (Lipinski definition) is 3. The fourth-order valence-electron chi connectivity index (χ4n) is 1.36. The molecule has 0 atom stereocenters. The summed E-state index contributed by atoms with van der Waals surface area (Å²) in [5, 5.41) is 14.2. The molecule has 1 heterocycles. The van der Waals surface area contributed by atoms with Crippen LogP contribution in [0.1, 0.15) is 11.1 Å². The molecule has 0 amide bonds. The second kappa shape index (κ2) is 5.67. The number of halogens is 2. The first-order valence-corrected chi connectivity index (χ1v) is 7.32. The van der Waals surface area contributed by atoms with Crippen LogP contribution in [0.4, 0.5) is 5.69 Å². The molecule has 0 fully saturated rings. The zero-order chi connectivity index (χ0) is 12.3. The Morgan fingerprint density at radius 3 is 2.71 bits per heavy atom. The van der Waals surface area contributed by atoms with Gasteiger partial charge in [-0.2, -0.15) is 5.26 Å². The molecule has 0 saturated carbocycles. The summed E-state index contributed by atoms with van der Waals surface area (Å²) >= 11 is 8.56. The highest BCUT2D eigenvalue weighted by Crippen LogP contribution is 2.25. The van der Waals surface area contributed by atoms with E-state index >= 15 is 0 Å². The molecule has 2 aromatic rings.